The monoisotopic (exact) mass is 256 g/mol. The van der Waals surface area contributed by atoms with Crippen molar-refractivity contribution in [2.24, 2.45) is 0 Å². The van der Waals surface area contributed by atoms with E-state index in [9.17, 15) is 13.6 Å². The SMILES string of the molecule is F.F.O=C(F)c1ccc(CCOC(O)F)cc1. The number of aliphatic hydroxyl groups excluding tert-OH is 1. The fourth-order valence-electron chi connectivity index (χ4n) is 1.08. The molecule has 0 saturated heterocycles. The predicted octanol–water partition coefficient (Wildman–Crippen LogP) is 1.91. The molecule has 1 aromatic carbocycles. The maximum Gasteiger partial charge on any atom is 0.332 e. The Morgan fingerprint density at radius 3 is 2.24 bits per heavy atom. The highest BCUT2D eigenvalue weighted by Crippen LogP contribution is 2.07. The number of rotatable bonds is 5. The molecule has 0 saturated carbocycles. The largest absolute Gasteiger partial charge is 0.342 e. The smallest absolute Gasteiger partial charge is 0.332 e. The first kappa shape index (κ1) is 17.9. The molecule has 1 unspecified atom stereocenters. The number of alkyl halides is 1. The molecule has 1 aromatic rings. The topological polar surface area (TPSA) is 46.5 Å². The lowest BCUT2D eigenvalue weighted by molar-refractivity contribution is -0.182. The van der Waals surface area contributed by atoms with Gasteiger partial charge in [-0.1, -0.05) is 12.1 Å². The molecule has 0 fully saturated rings. The van der Waals surface area contributed by atoms with Crippen LogP contribution in [0.3, 0.4) is 0 Å². The van der Waals surface area contributed by atoms with E-state index in [-0.39, 0.29) is 21.6 Å². The normalized spacial score (nSPS) is 11.0. The quantitative estimate of drug-likeness (QED) is 0.497. The molecule has 0 heterocycles. The van der Waals surface area contributed by atoms with Crippen LogP contribution in [0.1, 0.15) is 15.9 Å². The molecular weight excluding hydrogens is 244 g/mol. The van der Waals surface area contributed by atoms with Gasteiger partial charge in [0.15, 0.2) is 0 Å². The van der Waals surface area contributed by atoms with Gasteiger partial charge in [0.2, 0.25) is 0 Å². The van der Waals surface area contributed by atoms with Crippen LogP contribution in [-0.4, -0.2) is 24.3 Å². The first-order chi connectivity index (χ1) is 7.09. The Morgan fingerprint density at radius 2 is 1.82 bits per heavy atom. The summed E-state index contributed by atoms with van der Waals surface area (Å²) in [5.41, 5.74) is 0.742. The highest BCUT2D eigenvalue weighted by atomic mass is 19.2. The molecule has 0 aliphatic heterocycles. The lowest BCUT2D eigenvalue weighted by Crippen LogP contribution is -2.07. The number of ether oxygens (including phenoxy) is 1. The van der Waals surface area contributed by atoms with Gasteiger partial charge in [-0.25, -0.2) is 0 Å². The van der Waals surface area contributed by atoms with Crippen LogP contribution in [-0.2, 0) is 11.2 Å². The lowest BCUT2D eigenvalue weighted by atomic mass is 10.1. The van der Waals surface area contributed by atoms with E-state index < -0.39 is 12.6 Å². The molecule has 3 nitrogen and oxygen atoms in total. The van der Waals surface area contributed by atoms with Gasteiger partial charge in [-0.2, -0.15) is 8.78 Å². The van der Waals surface area contributed by atoms with Crippen LogP contribution in [0.2, 0.25) is 0 Å². The maximum absolute atomic E-state index is 12.2. The zero-order valence-corrected chi connectivity index (χ0v) is 8.64. The first-order valence-electron chi connectivity index (χ1n) is 4.32. The van der Waals surface area contributed by atoms with Gasteiger partial charge in [-0.15, -0.1) is 0 Å². The standard InChI is InChI=1S/C10H10F2O3.2FH/c11-9(13)8-3-1-7(2-4-8)5-6-15-10(12)14;;/h1-4,10,14H,5-6H2;2*1H. The Hall–Kier alpha value is -1.47. The molecule has 1 N–H and O–H groups in total. The van der Waals surface area contributed by atoms with Crippen molar-refractivity contribution < 1.29 is 32.8 Å². The van der Waals surface area contributed by atoms with Crippen molar-refractivity contribution in [1.29, 1.82) is 0 Å². The van der Waals surface area contributed by atoms with Gasteiger partial charge in [0.25, 0.3) is 0 Å². The molecule has 98 valence electrons. The minimum Gasteiger partial charge on any atom is -0.342 e. The summed E-state index contributed by atoms with van der Waals surface area (Å²) in [5, 5.41) is 8.16. The fraction of sp³-hybridized carbons (Fsp3) is 0.300. The summed E-state index contributed by atoms with van der Waals surface area (Å²) >= 11 is 0. The molecule has 1 atom stereocenters. The van der Waals surface area contributed by atoms with E-state index in [1.807, 2.05) is 0 Å². The zero-order chi connectivity index (χ0) is 11.3. The Balaban J connectivity index is 0. The van der Waals surface area contributed by atoms with E-state index in [0.717, 1.165) is 5.56 Å². The summed E-state index contributed by atoms with van der Waals surface area (Å²) in [6.07, 6.45) is 0.377. The van der Waals surface area contributed by atoms with Crippen molar-refractivity contribution in [3.05, 3.63) is 35.4 Å². The highest BCUT2D eigenvalue weighted by molar-refractivity contribution is 5.88. The van der Waals surface area contributed by atoms with E-state index in [4.69, 9.17) is 5.11 Å². The summed E-state index contributed by atoms with van der Waals surface area (Å²) in [4.78, 5) is 10.3. The van der Waals surface area contributed by atoms with Gasteiger partial charge in [0.05, 0.1) is 12.2 Å². The fourth-order valence-corrected chi connectivity index (χ4v) is 1.08. The molecule has 1 rings (SSSR count). The number of hydrogen-bond donors (Lipinski definition) is 1. The molecule has 0 aromatic heterocycles. The van der Waals surface area contributed by atoms with E-state index >= 15 is 0 Å². The van der Waals surface area contributed by atoms with Crippen molar-refractivity contribution in [1.82, 2.24) is 0 Å². The summed E-state index contributed by atoms with van der Waals surface area (Å²) < 4.78 is 28.3. The van der Waals surface area contributed by atoms with Crippen LogP contribution in [0, 0.1) is 0 Å². The second-order valence-electron chi connectivity index (χ2n) is 2.88. The van der Waals surface area contributed by atoms with Crippen LogP contribution < -0.4 is 0 Å². The Morgan fingerprint density at radius 1 is 1.29 bits per heavy atom. The van der Waals surface area contributed by atoms with Gasteiger partial charge in [0.1, 0.15) is 0 Å². The van der Waals surface area contributed by atoms with Gasteiger partial charge < -0.3 is 9.84 Å². The van der Waals surface area contributed by atoms with Crippen LogP contribution in [0.25, 0.3) is 0 Å². The van der Waals surface area contributed by atoms with Crippen LogP contribution in [0.5, 0.6) is 0 Å². The van der Waals surface area contributed by atoms with E-state index in [1.165, 1.54) is 12.1 Å². The maximum atomic E-state index is 12.2. The second-order valence-corrected chi connectivity index (χ2v) is 2.88. The van der Waals surface area contributed by atoms with Crippen molar-refractivity contribution in [2.45, 2.75) is 13.0 Å². The summed E-state index contributed by atoms with van der Waals surface area (Å²) in [7, 11) is 0. The van der Waals surface area contributed by atoms with Crippen molar-refractivity contribution in [3.63, 3.8) is 0 Å². The molecule has 0 amide bonds. The summed E-state index contributed by atoms with van der Waals surface area (Å²) in [6, 6.07) is 4.27. The molecular formula is C10H12F4O3. The van der Waals surface area contributed by atoms with Crippen molar-refractivity contribution in [3.8, 4) is 0 Å². The Kier molecular flexibility index (Phi) is 9.12. The second kappa shape index (κ2) is 8.66. The predicted molar refractivity (Wildman–Crippen MR) is 53.7 cm³/mol. The summed E-state index contributed by atoms with van der Waals surface area (Å²) in [6.45, 7) is -2.27. The van der Waals surface area contributed by atoms with E-state index in [0.29, 0.717) is 6.42 Å². The van der Waals surface area contributed by atoms with Crippen LogP contribution in [0.15, 0.2) is 24.3 Å². The molecule has 0 aliphatic rings. The third-order valence-electron chi connectivity index (χ3n) is 1.83. The van der Waals surface area contributed by atoms with Gasteiger partial charge >= 0.3 is 12.6 Å². The van der Waals surface area contributed by atoms with Crippen LogP contribution in [0.4, 0.5) is 18.2 Å². The van der Waals surface area contributed by atoms with Crippen LogP contribution >= 0.6 is 0 Å². The lowest BCUT2D eigenvalue weighted by Gasteiger charge is -2.04. The number of aliphatic hydroxyl groups is 1. The number of carbonyl (C=O) groups is 1. The van der Waals surface area contributed by atoms with E-state index in [2.05, 4.69) is 4.74 Å². The minimum atomic E-state index is -2.28. The Bertz CT molecular complexity index is 327. The van der Waals surface area contributed by atoms with Gasteiger partial charge in [0, 0.05) is 0 Å². The molecule has 7 heteroatoms. The van der Waals surface area contributed by atoms with Crippen molar-refractivity contribution in [2.75, 3.05) is 6.61 Å². The number of carbonyl (C=O) groups excluding carboxylic acids is 1. The number of benzene rings is 1. The average Bonchev–Trinajstić information content (AvgIpc) is 2.18. The highest BCUT2D eigenvalue weighted by Gasteiger charge is 2.03. The third kappa shape index (κ3) is 6.64. The minimum absolute atomic E-state index is 0. The zero-order valence-electron chi connectivity index (χ0n) is 8.64. The Labute approximate surface area is 94.7 Å². The third-order valence-corrected chi connectivity index (χ3v) is 1.83. The average molecular weight is 256 g/mol. The summed E-state index contributed by atoms with van der Waals surface area (Å²) in [5.74, 6) is 0. The molecule has 0 spiro atoms. The number of hydrogen-bond acceptors (Lipinski definition) is 3. The number of halogens is 4. The molecule has 17 heavy (non-hydrogen) atoms. The molecule has 0 aliphatic carbocycles. The molecule has 0 radical (unpaired) electrons. The van der Waals surface area contributed by atoms with E-state index in [1.54, 1.807) is 12.1 Å². The first-order valence-corrected chi connectivity index (χ1v) is 4.32. The molecule has 0 bridgehead atoms. The van der Waals surface area contributed by atoms with Gasteiger partial charge in [-0.3, -0.25) is 14.2 Å². The van der Waals surface area contributed by atoms with Crippen molar-refractivity contribution >= 4 is 6.04 Å². The van der Waals surface area contributed by atoms with Gasteiger partial charge in [-0.05, 0) is 24.1 Å².